The van der Waals surface area contributed by atoms with Crippen LogP contribution in [0.3, 0.4) is 0 Å². The second-order valence-electron chi connectivity index (χ2n) is 14.2. The number of para-hydroxylation sites is 3. The van der Waals surface area contributed by atoms with Crippen LogP contribution in [0.1, 0.15) is 0 Å². The lowest BCUT2D eigenvalue weighted by atomic mass is 10.0. The normalized spacial score (nSPS) is 11.6. The van der Waals surface area contributed by atoms with Crippen LogP contribution in [0.5, 0.6) is 0 Å². The molecular weight excluding hydrogens is 685 g/mol. The van der Waals surface area contributed by atoms with Crippen LogP contribution >= 0.6 is 0 Å². The minimum atomic E-state index is 0.806. The van der Waals surface area contributed by atoms with Crippen molar-refractivity contribution >= 4 is 88.8 Å². The van der Waals surface area contributed by atoms with Crippen molar-refractivity contribution in [1.29, 1.82) is 0 Å². The van der Waals surface area contributed by atoms with Crippen molar-refractivity contribution in [3.63, 3.8) is 0 Å². The quantitative estimate of drug-likeness (QED) is 0.164. The molecule has 2 aromatic heterocycles. The van der Waals surface area contributed by atoms with E-state index in [1.807, 2.05) is 12.1 Å². The molecule has 0 amide bonds. The molecule has 9 aromatic carbocycles. The fraction of sp³-hybridized carbons (Fsp3) is 0. The summed E-state index contributed by atoms with van der Waals surface area (Å²) in [5, 5.41) is 6.59. The third-order valence-electron chi connectivity index (χ3n) is 10.8. The predicted octanol–water partition coefficient (Wildman–Crippen LogP) is 15.2. The van der Waals surface area contributed by atoms with Crippen molar-refractivity contribution in [2.24, 2.45) is 0 Å². The van der Waals surface area contributed by atoms with E-state index in [4.69, 9.17) is 8.83 Å². The van der Waals surface area contributed by atoms with Gasteiger partial charge < -0.3 is 18.6 Å². The van der Waals surface area contributed by atoms with Gasteiger partial charge in [-0.3, -0.25) is 0 Å². The number of anilines is 6. The van der Waals surface area contributed by atoms with Crippen molar-refractivity contribution < 1.29 is 8.83 Å². The van der Waals surface area contributed by atoms with Gasteiger partial charge in [0.2, 0.25) is 0 Å². The molecule has 0 N–H and O–H groups in total. The molecule has 0 radical (unpaired) electrons. The van der Waals surface area contributed by atoms with Crippen molar-refractivity contribution in [2.45, 2.75) is 0 Å². The Balaban J connectivity index is 1.19. The molecule has 0 atom stereocenters. The third-order valence-corrected chi connectivity index (χ3v) is 10.8. The average Bonchev–Trinajstić information content (AvgIpc) is 3.82. The van der Waals surface area contributed by atoms with Crippen LogP contribution in [0.25, 0.3) is 65.8 Å². The van der Waals surface area contributed by atoms with Crippen molar-refractivity contribution in [1.82, 2.24) is 0 Å². The Hall–Kier alpha value is -7.56. The van der Waals surface area contributed by atoms with Gasteiger partial charge in [0, 0.05) is 50.4 Å². The Bertz CT molecular complexity index is 3190. The van der Waals surface area contributed by atoms with E-state index in [1.54, 1.807) is 0 Å². The summed E-state index contributed by atoms with van der Waals surface area (Å²) in [5.41, 5.74) is 11.7. The van der Waals surface area contributed by atoms with E-state index in [0.717, 1.165) is 83.4 Å². The lowest BCUT2D eigenvalue weighted by Crippen LogP contribution is -2.13. The number of benzene rings is 9. The number of fused-ring (bicyclic) bond motifs is 7. The Morgan fingerprint density at radius 1 is 0.286 bits per heavy atom. The smallest absolute Gasteiger partial charge is 0.159 e. The Kier molecular flexibility index (Phi) is 7.46. The Labute approximate surface area is 323 Å². The zero-order chi connectivity index (χ0) is 37.0. The number of nitrogens with zero attached hydrogens (tertiary/aromatic N) is 2. The van der Waals surface area contributed by atoms with E-state index in [2.05, 4.69) is 204 Å². The topological polar surface area (TPSA) is 32.8 Å². The molecule has 0 aliphatic heterocycles. The average molecular weight is 719 g/mol. The van der Waals surface area contributed by atoms with Gasteiger partial charge in [-0.1, -0.05) is 121 Å². The highest BCUT2D eigenvalue weighted by Crippen LogP contribution is 2.48. The summed E-state index contributed by atoms with van der Waals surface area (Å²) in [7, 11) is 0. The summed E-state index contributed by atoms with van der Waals surface area (Å²) in [4.78, 5) is 4.63. The maximum atomic E-state index is 6.98. The summed E-state index contributed by atoms with van der Waals surface area (Å²) in [6.07, 6.45) is 0. The maximum Gasteiger partial charge on any atom is 0.159 e. The number of hydrogen-bond donors (Lipinski definition) is 0. The van der Waals surface area contributed by atoms with Gasteiger partial charge in [-0.2, -0.15) is 0 Å². The van der Waals surface area contributed by atoms with Gasteiger partial charge in [-0.15, -0.1) is 0 Å². The highest BCUT2D eigenvalue weighted by atomic mass is 16.3. The molecule has 0 bridgehead atoms. The van der Waals surface area contributed by atoms with Crippen LogP contribution in [0, 0.1) is 0 Å². The summed E-state index contributed by atoms with van der Waals surface area (Å²) in [5.74, 6) is 0. The van der Waals surface area contributed by atoms with Gasteiger partial charge in [-0.25, -0.2) is 0 Å². The first kappa shape index (κ1) is 31.9. The highest BCUT2D eigenvalue weighted by molar-refractivity contribution is 6.15. The second-order valence-corrected chi connectivity index (χ2v) is 14.2. The van der Waals surface area contributed by atoms with Crippen LogP contribution in [-0.4, -0.2) is 0 Å². The van der Waals surface area contributed by atoms with Crippen LogP contribution < -0.4 is 9.80 Å². The van der Waals surface area contributed by atoms with Crippen molar-refractivity contribution in [2.75, 3.05) is 9.80 Å². The predicted molar refractivity (Wildman–Crippen MR) is 233 cm³/mol. The lowest BCUT2D eigenvalue weighted by Gasteiger charge is -2.29. The molecule has 11 aromatic rings. The van der Waals surface area contributed by atoms with Gasteiger partial charge in [0.25, 0.3) is 0 Å². The van der Waals surface area contributed by atoms with Gasteiger partial charge >= 0.3 is 0 Å². The Morgan fingerprint density at radius 3 is 1.59 bits per heavy atom. The molecular formula is C52H34N2O2. The van der Waals surface area contributed by atoms with Crippen LogP contribution in [0.2, 0.25) is 0 Å². The lowest BCUT2D eigenvalue weighted by molar-refractivity contribution is 0.667. The summed E-state index contributed by atoms with van der Waals surface area (Å²) in [6, 6.07) is 72.6. The molecule has 0 saturated heterocycles. The van der Waals surface area contributed by atoms with Gasteiger partial charge in [-0.05, 0) is 101 Å². The van der Waals surface area contributed by atoms with E-state index < -0.39 is 0 Å². The van der Waals surface area contributed by atoms with Crippen LogP contribution in [0.15, 0.2) is 215 Å². The zero-order valence-corrected chi connectivity index (χ0v) is 30.3. The largest absolute Gasteiger partial charge is 0.456 e. The molecule has 0 aliphatic rings. The molecule has 56 heavy (non-hydrogen) atoms. The third kappa shape index (κ3) is 5.39. The zero-order valence-electron chi connectivity index (χ0n) is 30.3. The summed E-state index contributed by atoms with van der Waals surface area (Å²) in [6.45, 7) is 0. The number of rotatable bonds is 7. The summed E-state index contributed by atoms with van der Waals surface area (Å²) < 4.78 is 13.4. The minimum Gasteiger partial charge on any atom is -0.456 e. The van der Waals surface area contributed by atoms with Crippen LogP contribution in [-0.2, 0) is 0 Å². The van der Waals surface area contributed by atoms with E-state index in [9.17, 15) is 0 Å². The fourth-order valence-corrected chi connectivity index (χ4v) is 8.14. The molecule has 0 fully saturated rings. The molecule has 11 rings (SSSR count). The van der Waals surface area contributed by atoms with Gasteiger partial charge in [0.15, 0.2) is 5.58 Å². The molecule has 264 valence electrons. The van der Waals surface area contributed by atoms with E-state index >= 15 is 0 Å². The molecule has 0 saturated carbocycles. The first-order chi connectivity index (χ1) is 27.7. The first-order valence-corrected chi connectivity index (χ1v) is 18.9. The molecule has 4 heteroatoms. The molecule has 0 aliphatic carbocycles. The number of furan rings is 2. The SMILES string of the molecule is c1ccc(-c2ccc(N(c3ccccc3)c3cc(N(c4ccccc4)c4ccc5c(c4)oc4ccccc45)c4oc5cc6ccccc6cc5c4c3)cc2)cc1. The first-order valence-electron chi connectivity index (χ1n) is 18.9. The molecule has 0 unspecified atom stereocenters. The molecule has 4 nitrogen and oxygen atoms in total. The van der Waals surface area contributed by atoms with E-state index in [1.165, 1.54) is 16.5 Å². The van der Waals surface area contributed by atoms with Crippen molar-refractivity contribution in [3.8, 4) is 11.1 Å². The minimum absolute atomic E-state index is 0.806. The van der Waals surface area contributed by atoms with Gasteiger partial charge in [0.05, 0.1) is 11.4 Å². The standard InChI is InChI=1S/C52H34N2O2/c1-4-14-35(15-5-1)36-24-26-41(27-25-36)53(39-18-6-2-7-19-39)43-32-47-46-30-37-16-10-11-17-38(37)31-50(46)56-52(47)48(33-43)54(40-20-8-3-9-21-40)42-28-29-45-44-22-12-13-23-49(44)55-51(45)34-42/h1-34H. The van der Waals surface area contributed by atoms with Gasteiger partial charge in [0.1, 0.15) is 16.7 Å². The number of hydrogen-bond acceptors (Lipinski definition) is 4. The fourth-order valence-electron chi connectivity index (χ4n) is 8.14. The monoisotopic (exact) mass is 718 g/mol. The Morgan fingerprint density at radius 2 is 0.839 bits per heavy atom. The van der Waals surface area contributed by atoms with E-state index in [-0.39, 0.29) is 0 Å². The molecule has 0 spiro atoms. The van der Waals surface area contributed by atoms with Crippen LogP contribution in [0.4, 0.5) is 34.1 Å². The molecule has 2 heterocycles. The maximum absolute atomic E-state index is 6.98. The van der Waals surface area contributed by atoms with Crippen molar-refractivity contribution in [3.05, 3.63) is 206 Å². The second kappa shape index (κ2) is 13.1. The highest BCUT2D eigenvalue weighted by Gasteiger charge is 2.24. The summed E-state index contributed by atoms with van der Waals surface area (Å²) >= 11 is 0. The van der Waals surface area contributed by atoms with E-state index in [0.29, 0.717) is 0 Å².